The van der Waals surface area contributed by atoms with Gasteiger partial charge in [-0.2, -0.15) is 0 Å². The lowest BCUT2D eigenvalue weighted by atomic mass is 9.94. The molecule has 0 saturated carbocycles. The van der Waals surface area contributed by atoms with E-state index in [2.05, 4.69) is 15.6 Å². The van der Waals surface area contributed by atoms with Crippen molar-refractivity contribution in [3.8, 4) is 16.9 Å². The van der Waals surface area contributed by atoms with E-state index in [4.69, 9.17) is 9.72 Å². The van der Waals surface area contributed by atoms with Gasteiger partial charge in [0, 0.05) is 63.2 Å². The number of piperazine rings is 1. The van der Waals surface area contributed by atoms with E-state index < -0.39 is 41.5 Å². The van der Waals surface area contributed by atoms with Crippen LogP contribution in [0, 0.1) is 12.7 Å². The number of nitrogens with one attached hydrogen (secondary N) is 2. The van der Waals surface area contributed by atoms with Crippen molar-refractivity contribution in [1.29, 1.82) is 0 Å². The number of para-hydroxylation sites is 1. The summed E-state index contributed by atoms with van der Waals surface area (Å²) < 4.78 is 22.6. The minimum Gasteiger partial charge on any atom is -0.493 e. The monoisotopic (exact) mass is 1050 g/mol. The summed E-state index contributed by atoms with van der Waals surface area (Å²) in [5.74, 6) is -3.50. The summed E-state index contributed by atoms with van der Waals surface area (Å²) in [4.78, 5) is 106. The molecular weight excluding hydrogens is 992 g/mol. The minimum absolute atomic E-state index is 0.00816. The van der Waals surface area contributed by atoms with Gasteiger partial charge in [0.2, 0.25) is 17.7 Å². The maximum absolute atomic E-state index is 15.4. The number of piperidine rings is 1. The number of pyridine rings is 1. The van der Waals surface area contributed by atoms with Crippen molar-refractivity contribution in [2.45, 2.75) is 90.1 Å². The van der Waals surface area contributed by atoms with Crippen LogP contribution in [0.1, 0.15) is 122 Å². The third-order valence-corrected chi connectivity index (χ3v) is 15.7. The van der Waals surface area contributed by atoms with E-state index in [1.807, 2.05) is 72.5 Å². The van der Waals surface area contributed by atoms with E-state index in [9.17, 15) is 38.7 Å². The first-order chi connectivity index (χ1) is 36.8. The quantitative estimate of drug-likeness (QED) is 0.0545. The molecular formula is C57H57FN8O9S. The van der Waals surface area contributed by atoms with E-state index in [0.29, 0.717) is 86.5 Å². The highest BCUT2D eigenvalue weighted by Gasteiger charge is 2.45. The third-order valence-electron chi connectivity index (χ3n) is 14.8. The number of unbranched alkanes of at least 4 members (excludes halogenated alkanes) is 6. The maximum atomic E-state index is 15.4. The molecule has 3 N–H and O–H groups in total. The average molecular weight is 1050 g/mol. The van der Waals surface area contributed by atoms with E-state index in [-0.39, 0.29) is 47.2 Å². The topological polar surface area (TPSA) is 212 Å². The van der Waals surface area contributed by atoms with Crippen molar-refractivity contribution in [3.05, 3.63) is 130 Å². The molecule has 4 aliphatic heterocycles. The number of aromatic carboxylic acids is 1. The van der Waals surface area contributed by atoms with E-state index >= 15 is 4.39 Å². The molecule has 1 atom stereocenters. The van der Waals surface area contributed by atoms with Gasteiger partial charge in [-0.05, 0) is 103 Å². The van der Waals surface area contributed by atoms with Crippen LogP contribution in [0.15, 0.2) is 84.9 Å². The Morgan fingerprint density at radius 2 is 1.51 bits per heavy atom. The zero-order valence-electron chi connectivity index (χ0n) is 42.1. The minimum atomic E-state index is -1.14. The van der Waals surface area contributed by atoms with Gasteiger partial charge in [-0.25, -0.2) is 19.2 Å². The fourth-order valence-corrected chi connectivity index (χ4v) is 11.5. The number of carbonyl (C=O) groups is 7. The molecule has 6 heterocycles. The number of imide groups is 2. The SMILES string of the molecule is Cc1c(OCCCCCCCCCC(=O)N2CCN(c3cc4c(cc3F)C(=O)N(C3CCC(=O)NC3=O)C4=O)CC2)cccc1-c1ccc(N2CCc3cccc(C(=O)Nc4nc5ccccc5s4)c3C2)nc1C(=O)O. The standard InChI is InChI=1S/C57H57FN8O9S/c1-34-36(37-20-22-48(60-51(37)56(73)74)65-25-24-35-13-11-15-38(41(35)33-65)52(69)62-57-59-43-16-8-9-18-47(43)76-57)14-12-17-46(34)75-30-10-6-4-2-3-5-7-19-50(68)64-28-26-63(27-29-64)45-32-40-39(31-42(45)58)54(71)66(55(40)72)44-21-23-49(67)61-53(44)70/h8-9,11-18,20,22,31-32,44H,2-7,10,19,21,23-30,33H2,1H3,(H,73,74)(H,59,62,69)(H,61,67,70). The second-order valence-electron chi connectivity index (χ2n) is 19.6. The number of anilines is 3. The summed E-state index contributed by atoms with van der Waals surface area (Å²) in [7, 11) is 0. The van der Waals surface area contributed by atoms with Crippen LogP contribution in [0.5, 0.6) is 5.75 Å². The van der Waals surface area contributed by atoms with Gasteiger partial charge in [0.25, 0.3) is 17.7 Å². The lowest BCUT2D eigenvalue weighted by Crippen LogP contribution is -2.54. The third kappa shape index (κ3) is 10.7. The molecule has 0 bridgehead atoms. The molecule has 6 aromatic rings. The van der Waals surface area contributed by atoms with Gasteiger partial charge in [-0.3, -0.25) is 44.3 Å². The van der Waals surface area contributed by atoms with Crippen molar-refractivity contribution in [3.63, 3.8) is 0 Å². The van der Waals surface area contributed by atoms with Crippen molar-refractivity contribution < 1.29 is 47.8 Å². The molecule has 19 heteroatoms. The first-order valence-corrected chi connectivity index (χ1v) is 26.7. The van der Waals surface area contributed by atoms with Gasteiger partial charge in [0.05, 0.1) is 33.6 Å². The Balaban J connectivity index is 0.645. The zero-order valence-corrected chi connectivity index (χ0v) is 42.9. The molecule has 6 amide bonds. The molecule has 0 radical (unpaired) electrons. The number of carboxylic acids is 1. The van der Waals surface area contributed by atoms with Crippen LogP contribution >= 0.6 is 11.3 Å². The smallest absolute Gasteiger partial charge is 0.355 e. The Labute approximate surface area is 442 Å². The maximum Gasteiger partial charge on any atom is 0.355 e. The molecule has 76 heavy (non-hydrogen) atoms. The lowest BCUT2D eigenvalue weighted by molar-refractivity contribution is -0.136. The first kappa shape index (κ1) is 51.4. The molecule has 0 aliphatic carbocycles. The highest BCUT2D eigenvalue weighted by Crippen LogP contribution is 2.36. The second kappa shape index (κ2) is 22.4. The van der Waals surface area contributed by atoms with Crippen molar-refractivity contribution >= 4 is 79.6 Å². The first-order valence-electron chi connectivity index (χ1n) is 25.9. The van der Waals surface area contributed by atoms with Crippen LogP contribution in [-0.4, -0.2) is 112 Å². The molecule has 0 spiro atoms. The highest BCUT2D eigenvalue weighted by molar-refractivity contribution is 7.22. The predicted molar refractivity (Wildman–Crippen MR) is 284 cm³/mol. The van der Waals surface area contributed by atoms with Crippen molar-refractivity contribution in [2.75, 3.05) is 54.4 Å². The number of nitrogens with zero attached hydrogens (tertiary/aromatic N) is 6. The molecule has 10 rings (SSSR count). The number of ether oxygens (including phenoxy) is 1. The van der Waals surface area contributed by atoms with Crippen LogP contribution in [-0.2, 0) is 27.3 Å². The fourth-order valence-electron chi connectivity index (χ4n) is 10.7. The Morgan fingerprint density at radius 3 is 2.28 bits per heavy atom. The summed E-state index contributed by atoms with van der Waals surface area (Å²) in [6.07, 6.45) is 7.63. The molecule has 4 aliphatic rings. The van der Waals surface area contributed by atoms with Crippen LogP contribution in [0.25, 0.3) is 21.3 Å². The predicted octanol–water partition coefficient (Wildman–Crippen LogP) is 8.57. The number of carboxylic acid groups (broad SMARTS) is 1. The van der Waals surface area contributed by atoms with E-state index in [1.54, 1.807) is 21.9 Å². The zero-order chi connectivity index (χ0) is 53.0. The van der Waals surface area contributed by atoms with Gasteiger partial charge in [0.1, 0.15) is 23.4 Å². The lowest BCUT2D eigenvalue weighted by Gasteiger charge is -2.36. The average Bonchev–Trinajstić information content (AvgIpc) is 3.99. The van der Waals surface area contributed by atoms with Crippen LogP contribution in [0.3, 0.4) is 0 Å². The molecule has 1 unspecified atom stereocenters. The number of hydrogen-bond acceptors (Lipinski definition) is 13. The van der Waals surface area contributed by atoms with E-state index in [1.165, 1.54) is 17.4 Å². The van der Waals surface area contributed by atoms with Crippen LogP contribution in [0.2, 0.25) is 0 Å². The van der Waals surface area contributed by atoms with Gasteiger partial charge in [0.15, 0.2) is 10.8 Å². The summed E-state index contributed by atoms with van der Waals surface area (Å²) in [5.41, 5.74) is 5.30. The summed E-state index contributed by atoms with van der Waals surface area (Å²) >= 11 is 1.42. The Morgan fingerprint density at radius 1 is 0.776 bits per heavy atom. The number of rotatable bonds is 18. The van der Waals surface area contributed by atoms with Gasteiger partial charge in [-0.1, -0.05) is 79.8 Å². The number of benzene rings is 4. The van der Waals surface area contributed by atoms with Crippen LogP contribution < -0.4 is 25.2 Å². The van der Waals surface area contributed by atoms with Gasteiger partial charge < -0.3 is 24.5 Å². The number of aromatic nitrogens is 2. The fraction of sp³-hybridized carbons (Fsp3) is 0.351. The Bertz CT molecular complexity index is 3270. The summed E-state index contributed by atoms with van der Waals surface area (Å²) in [6, 6.07) is 24.0. The second-order valence-corrected chi connectivity index (χ2v) is 20.6. The van der Waals surface area contributed by atoms with Gasteiger partial charge >= 0.3 is 5.97 Å². The summed E-state index contributed by atoms with van der Waals surface area (Å²) in [6.45, 7) is 4.89. The number of halogens is 1. The van der Waals surface area contributed by atoms with Crippen molar-refractivity contribution in [2.24, 2.45) is 0 Å². The summed E-state index contributed by atoms with van der Waals surface area (Å²) in [5, 5.41) is 16.1. The number of thiazole rings is 1. The molecule has 2 fully saturated rings. The Kier molecular flexibility index (Phi) is 15.2. The normalized spacial score (nSPS) is 16.5. The number of fused-ring (bicyclic) bond motifs is 3. The Hall–Kier alpha value is -8.06. The largest absolute Gasteiger partial charge is 0.493 e. The molecule has 2 aromatic heterocycles. The number of hydrogen-bond donors (Lipinski definition) is 3. The van der Waals surface area contributed by atoms with E-state index in [0.717, 1.165) is 88.4 Å². The van der Waals surface area contributed by atoms with Crippen LogP contribution in [0.4, 0.5) is 21.0 Å². The molecule has 17 nitrogen and oxygen atoms in total. The number of carbonyl (C=O) groups excluding carboxylic acids is 6. The molecule has 2 saturated heterocycles. The molecule has 4 aromatic carbocycles. The van der Waals surface area contributed by atoms with Crippen molar-refractivity contribution in [1.82, 2.24) is 25.1 Å². The number of amides is 6. The molecule has 392 valence electrons. The van der Waals surface area contributed by atoms with Gasteiger partial charge in [-0.15, -0.1) is 0 Å². The highest BCUT2D eigenvalue weighted by atomic mass is 32.1.